The summed E-state index contributed by atoms with van der Waals surface area (Å²) in [5, 5.41) is 11.1. The van der Waals surface area contributed by atoms with Gasteiger partial charge in [0.1, 0.15) is 23.5 Å². The van der Waals surface area contributed by atoms with Gasteiger partial charge in [0.05, 0.1) is 12.8 Å². The van der Waals surface area contributed by atoms with Crippen LogP contribution < -0.4 is 5.32 Å². The average molecular weight is 325 g/mol. The Labute approximate surface area is 135 Å². The standard InChI is InChI=1S/C15H11N5O2S/c1-2-11(21-4-1)6-17-14-12(7-16-9-18-14)15-19-13(20-22-15)10-3-5-23-8-10/h1-5,7-9H,6H2,(H,16,17,18). The molecule has 4 heterocycles. The first-order valence-corrected chi connectivity index (χ1v) is 7.77. The van der Waals surface area contributed by atoms with Gasteiger partial charge in [0.25, 0.3) is 5.89 Å². The summed E-state index contributed by atoms with van der Waals surface area (Å²) < 4.78 is 10.7. The minimum absolute atomic E-state index is 0.369. The molecule has 0 amide bonds. The maximum absolute atomic E-state index is 5.35. The van der Waals surface area contributed by atoms with E-state index in [1.807, 2.05) is 29.0 Å². The van der Waals surface area contributed by atoms with Crippen LogP contribution in [0.2, 0.25) is 0 Å². The van der Waals surface area contributed by atoms with Crippen molar-refractivity contribution in [3.63, 3.8) is 0 Å². The summed E-state index contributed by atoms with van der Waals surface area (Å²) in [5.74, 6) is 2.33. The second-order valence-electron chi connectivity index (χ2n) is 4.65. The predicted molar refractivity (Wildman–Crippen MR) is 84.7 cm³/mol. The zero-order valence-electron chi connectivity index (χ0n) is 11.8. The third-order valence-electron chi connectivity index (χ3n) is 3.16. The minimum atomic E-state index is 0.369. The zero-order valence-corrected chi connectivity index (χ0v) is 12.7. The summed E-state index contributed by atoms with van der Waals surface area (Å²) >= 11 is 1.58. The van der Waals surface area contributed by atoms with Crippen LogP contribution in [0.4, 0.5) is 5.82 Å². The molecule has 0 spiro atoms. The first kappa shape index (κ1) is 13.6. The maximum atomic E-state index is 5.35. The van der Waals surface area contributed by atoms with E-state index in [2.05, 4.69) is 25.4 Å². The molecule has 114 valence electrons. The topological polar surface area (TPSA) is 89.9 Å². The highest BCUT2D eigenvalue weighted by atomic mass is 32.1. The molecule has 4 aromatic rings. The van der Waals surface area contributed by atoms with Crippen molar-refractivity contribution < 1.29 is 8.94 Å². The molecule has 4 aromatic heterocycles. The van der Waals surface area contributed by atoms with Gasteiger partial charge in [-0.25, -0.2) is 9.97 Å². The highest BCUT2D eigenvalue weighted by molar-refractivity contribution is 7.08. The van der Waals surface area contributed by atoms with Gasteiger partial charge in [0.2, 0.25) is 5.82 Å². The molecule has 0 aliphatic heterocycles. The number of nitrogens with one attached hydrogen (secondary N) is 1. The molecule has 8 heteroatoms. The third-order valence-corrected chi connectivity index (χ3v) is 3.84. The van der Waals surface area contributed by atoms with Crippen LogP contribution >= 0.6 is 11.3 Å². The fourth-order valence-corrected chi connectivity index (χ4v) is 2.69. The molecule has 0 fully saturated rings. The number of aromatic nitrogens is 4. The van der Waals surface area contributed by atoms with Crippen LogP contribution in [0.5, 0.6) is 0 Å². The van der Waals surface area contributed by atoms with Crippen LogP contribution in [-0.2, 0) is 6.54 Å². The monoisotopic (exact) mass is 325 g/mol. The van der Waals surface area contributed by atoms with Crippen molar-refractivity contribution in [1.82, 2.24) is 20.1 Å². The molecule has 0 unspecified atom stereocenters. The lowest BCUT2D eigenvalue weighted by atomic mass is 10.3. The molecule has 23 heavy (non-hydrogen) atoms. The van der Waals surface area contributed by atoms with Crippen molar-refractivity contribution >= 4 is 17.2 Å². The summed E-state index contributed by atoms with van der Waals surface area (Å²) in [6, 6.07) is 5.66. The first-order chi connectivity index (χ1) is 11.4. The van der Waals surface area contributed by atoms with E-state index >= 15 is 0 Å². The summed E-state index contributed by atoms with van der Waals surface area (Å²) in [4.78, 5) is 12.7. The lowest BCUT2D eigenvalue weighted by Crippen LogP contribution is -2.02. The molecule has 0 aliphatic carbocycles. The lowest BCUT2D eigenvalue weighted by Gasteiger charge is -2.05. The molecule has 7 nitrogen and oxygen atoms in total. The summed E-state index contributed by atoms with van der Waals surface area (Å²) in [6.07, 6.45) is 4.73. The van der Waals surface area contributed by atoms with Crippen molar-refractivity contribution in [3.05, 3.63) is 53.5 Å². The van der Waals surface area contributed by atoms with Crippen molar-refractivity contribution in [2.45, 2.75) is 6.54 Å². The van der Waals surface area contributed by atoms with Gasteiger partial charge >= 0.3 is 0 Å². The molecule has 0 aromatic carbocycles. The van der Waals surface area contributed by atoms with E-state index in [4.69, 9.17) is 8.94 Å². The number of nitrogens with zero attached hydrogens (tertiary/aromatic N) is 4. The Hall–Kier alpha value is -3.00. The Morgan fingerprint density at radius 3 is 3.09 bits per heavy atom. The number of hydrogen-bond acceptors (Lipinski definition) is 8. The molecule has 4 rings (SSSR count). The average Bonchev–Trinajstić information content (AvgIpc) is 3.34. The minimum Gasteiger partial charge on any atom is -0.467 e. The summed E-state index contributed by atoms with van der Waals surface area (Å²) in [5.41, 5.74) is 1.57. The Balaban J connectivity index is 1.61. The molecular weight excluding hydrogens is 314 g/mol. The normalized spacial score (nSPS) is 10.8. The number of hydrogen-bond donors (Lipinski definition) is 1. The quantitative estimate of drug-likeness (QED) is 0.601. The van der Waals surface area contributed by atoms with E-state index in [0.29, 0.717) is 29.6 Å². The molecular formula is C15H11N5O2S. The van der Waals surface area contributed by atoms with Gasteiger partial charge in [-0.1, -0.05) is 5.16 Å². The maximum Gasteiger partial charge on any atom is 0.263 e. The van der Waals surface area contributed by atoms with E-state index in [-0.39, 0.29) is 0 Å². The fourth-order valence-electron chi connectivity index (χ4n) is 2.05. The number of furan rings is 1. The van der Waals surface area contributed by atoms with E-state index in [1.165, 1.54) is 6.33 Å². The molecule has 0 saturated carbocycles. The SMILES string of the molecule is c1coc(CNc2ncncc2-c2nc(-c3ccsc3)no2)c1. The van der Waals surface area contributed by atoms with E-state index < -0.39 is 0 Å². The predicted octanol–water partition coefficient (Wildman–Crippen LogP) is 3.46. The van der Waals surface area contributed by atoms with Crippen molar-refractivity contribution in [2.24, 2.45) is 0 Å². The zero-order chi connectivity index (χ0) is 15.5. The Kier molecular flexibility index (Phi) is 3.57. The van der Waals surface area contributed by atoms with Gasteiger partial charge < -0.3 is 14.3 Å². The van der Waals surface area contributed by atoms with Gasteiger partial charge in [-0.05, 0) is 23.6 Å². The summed E-state index contributed by atoms with van der Waals surface area (Å²) in [7, 11) is 0. The van der Waals surface area contributed by atoms with E-state index in [1.54, 1.807) is 23.8 Å². The molecule has 0 radical (unpaired) electrons. The fraction of sp³-hybridized carbons (Fsp3) is 0.0667. The second-order valence-corrected chi connectivity index (χ2v) is 5.43. The van der Waals surface area contributed by atoms with Gasteiger partial charge in [-0.15, -0.1) is 0 Å². The van der Waals surface area contributed by atoms with Crippen molar-refractivity contribution in [3.8, 4) is 22.8 Å². The number of anilines is 1. The summed E-state index contributed by atoms with van der Waals surface area (Å²) in [6.45, 7) is 0.503. The third kappa shape index (κ3) is 2.84. The smallest absolute Gasteiger partial charge is 0.263 e. The second kappa shape index (κ2) is 6.01. The largest absolute Gasteiger partial charge is 0.467 e. The first-order valence-electron chi connectivity index (χ1n) is 6.83. The Morgan fingerprint density at radius 1 is 1.26 bits per heavy atom. The van der Waals surface area contributed by atoms with Crippen LogP contribution in [0.1, 0.15) is 5.76 Å². The van der Waals surface area contributed by atoms with Crippen molar-refractivity contribution in [2.75, 3.05) is 5.32 Å². The highest BCUT2D eigenvalue weighted by Crippen LogP contribution is 2.27. The van der Waals surface area contributed by atoms with Crippen LogP contribution in [-0.4, -0.2) is 20.1 Å². The van der Waals surface area contributed by atoms with Crippen LogP contribution in [0.3, 0.4) is 0 Å². The van der Waals surface area contributed by atoms with Gasteiger partial charge in [-0.2, -0.15) is 16.3 Å². The van der Waals surface area contributed by atoms with Crippen molar-refractivity contribution in [1.29, 1.82) is 0 Å². The lowest BCUT2D eigenvalue weighted by molar-refractivity contribution is 0.432. The highest BCUT2D eigenvalue weighted by Gasteiger charge is 2.15. The van der Waals surface area contributed by atoms with Gasteiger partial charge in [-0.3, -0.25) is 0 Å². The van der Waals surface area contributed by atoms with Gasteiger partial charge in [0.15, 0.2) is 0 Å². The Morgan fingerprint density at radius 2 is 2.26 bits per heavy atom. The molecule has 0 bridgehead atoms. The van der Waals surface area contributed by atoms with Crippen LogP contribution in [0, 0.1) is 0 Å². The number of thiophene rings is 1. The Bertz CT molecular complexity index is 886. The molecule has 0 atom stereocenters. The molecule has 0 aliphatic rings. The van der Waals surface area contributed by atoms with E-state index in [9.17, 15) is 0 Å². The van der Waals surface area contributed by atoms with Crippen LogP contribution in [0.25, 0.3) is 22.8 Å². The molecule has 0 saturated heterocycles. The van der Waals surface area contributed by atoms with Crippen LogP contribution in [0.15, 0.2) is 56.7 Å². The van der Waals surface area contributed by atoms with Gasteiger partial charge in [0, 0.05) is 17.1 Å². The number of rotatable bonds is 5. The molecule has 1 N–H and O–H groups in total. The van der Waals surface area contributed by atoms with E-state index in [0.717, 1.165) is 11.3 Å².